The maximum atomic E-state index is 11.1. The Balaban J connectivity index is 3.20. The quantitative estimate of drug-likeness (QED) is 0.630. The number of methoxy groups -OCH3 is 1. The van der Waals surface area contributed by atoms with Crippen molar-refractivity contribution in [2.24, 2.45) is 0 Å². The number of halogens is 2. The molecule has 1 aromatic rings. The van der Waals surface area contributed by atoms with Crippen LogP contribution in [0.25, 0.3) is 0 Å². The van der Waals surface area contributed by atoms with Gasteiger partial charge in [0, 0.05) is 5.56 Å². The smallest absolute Gasteiger partial charge is 0.152 e. The molecule has 0 aliphatic carbocycles. The summed E-state index contributed by atoms with van der Waals surface area (Å²) >= 11 is 8.11. The zero-order valence-electron chi connectivity index (χ0n) is 7.88. The molecule has 0 radical (unpaired) electrons. The Morgan fingerprint density at radius 3 is 2.71 bits per heavy atom. The second-order valence-corrected chi connectivity index (χ2v) is 4.43. The highest BCUT2D eigenvalue weighted by Crippen LogP contribution is 2.33. The molecule has 0 saturated carbocycles. The van der Waals surface area contributed by atoms with Gasteiger partial charge in [-0.2, -0.15) is 0 Å². The molecule has 0 aromatic heterocycles. The van der Waals surface area contributed by atoms with E-state index in [-0.39, 0.29) is 5.78 Å². The Morgan fingerprint density at radius 1 is 1.57 bits per heavy atom. The van der Waals surface area contributed by atoms with Gasteiger partial charge in [0.1, 0.15) is 11.1 Å². The van der Waals surface area contributed by atoms with Crippen molar-refractivity contribution in [3.05, 3.63) is 27.3 Å². The van der Waals surface area contributed by atoms with Crippen LogP contribution >= 0.6 is 34.2 Å². The standard InChI is InChI=1S/C10H10ClIO2/c1-6(13)9(11)7-4-3-5-8(12)10(7)14-2/h3-5,9H,1-2H3. The fourth-order valence-electron chi connectivity index (χ4n) is 1.16. The van der Waals surface area contributed by atoms with Gasteiger partial charge >= 0.3 is 0 Å². The van der Waals surface area contributed by atoms with Crippen LogP contribution in [0.1, 0.15) is 17.9 Å². The fraction of sp³-hybridized carbons (Fsp3) is 0.300. The average Bonchev–Trinajstić information content (AvgIpc) is 2.16. The van der Waals surface area contributed by atoms with Crippen LogP contribution in [0, 0.1) is 3.57 Å². The predicted molar refractivity (Wildman–Crippen MR) is 65.0 cm³/mol. The molecular weight excluding hydrogens is 314 g/mol. The molecule has 1 rings (SSSR count). The molecule has 1 aromatic carbocycles. The molecule has 0 saturated heterocycles. The van der Waals surface area contributed by atoms with Crippen molar-refractivity contribution in [3.63, 3.8) is 0 Å². The molecule has 0 bridgehead atoms. The Bertz CT molecular complexity index is 352. The first-order valence-corrected chi connectivity index (χ1v) is 5.56. The van der Waals surface area contributed by atoms with Gasteiger partial charge in [0.25, 0.3) is 0 Å². The second kappa shape index (κ2) is 4.98. The highest BCUT2D eigenvalue weighted by Gasteiger charge is 2.18. The lowest BCUT2D eigenvalue weighted by molar-refractivity contribution is -0.116. The molecule has 0 fully saturated rings. The molecule has 76 valence electrons. The number of ketones is 1. The summed E-state index contributed by atoms with van der Waals surface area (Å²) in [6.45, 7) is 1.47. The van der Waals surface area contributed by atoms with Gasteiger partial charge < -0.3 is 4.74 Å². The predicted octanol–water partition coefficient (Wildman–Crippen LogP) is 3.17. The van der Waals surface area contributed by atoms with Crippen LogP contribution in [0.15, 0.2) is 18.2 Å². The van der Waals surface area contributed by atoms with E-state index in [4.69, 9.17) is 16.3 Å². The third-order valence-corrected chi connectivity index (χ3v) is 3.22. The van der Waals surface area contributed by atoms with E-state index in [0.29, 0.717) is 5.75 Å². The van der Waals surface area contributed by atoms with Crippen LogP contribution in [0.3, 0.4) is 0 Å². The van der Waals surface area contributed by atoms with Crippen LogP contribution < -0.4 is 4.74 Å². The van der Waals surface area contributed by atoms with Crippen molar-refractivity contribution in [2.75, 3.05) is 7.11 Å². The number of alkyl halides is 1. The van der Waals surface area contributed by atoms with Gasteiger partial charge in [0.2, 0.25) is 0 Å². The van der Waals surface area contributed by atoms with E-state index in [1.165, 1.54) is 6.92 Å². The highest BCUT2D eigenvalue weighted by atomic mass is 127. The number of hydrogen-bond acceptors (Lipinski definition) is 2. The Morgan fingerprint density at radius 2 is 2.21 bits per heavy atom. The molecular formula is C10H10ClIO2. The normalized spacial score (nSPS) is 12.3. The number of carbonyl (C=O) groups excluding carboxylic acids is 1. The van der Waals surface area contributed by atoms with Crippen molar-refractivity contribution in [1.29, 1.82) is 0 Å². The first-order chi connectivity index (χ1) is 6.57. The van der Waals surface area contributed by atoms with Crippen molar-refractivity contribution < 1.29 is 9.53 Å². The van der Waals surface area contributed by atoms with Crippen LogP contribution in [-0.2, 0) is 4.79 Å². The second-order valence-electron chi connectivity index (χ2n) is 2.84. The van der Waals surface area contributed by atoms with Gasteiger partial charge in [0.05, 0.1) is 10.7 Å². The zero-order valence-corrected chi connectivity index (χ0v) is 10.8. The third kappa shape index (κ3) is 2.39. The minimum Gasteiger partial charge on any atom is -0.495 e. The highest BCUT2D eigenvalue weighted by molar-refractivity contribution is 14.1. The summed E-state index contributed by atoms with van der Waals surface area (Å²) in [7, 11) is 1.57. The van der Waals surface area contributed by atoms with Gasteiger partial charge in [-0.1, -0.05) is 12.1 Å². The zero-order chi connectivity index (χ0) is 10.7. The Labute approximate surface area is 102 Å². The number of rotatable bonds is 3. The lowest BCUT2D eigenvalue weighted by Gasteiger charge is -2.12. The number of para-hydroxylation sites is 1. The van der Waals surface area contributed by atoms with E-state index < -0.39 is 5.38 Å². The SMILES string of the molecule is COc1c(I)cccc1C(Cl)C(C)=O. The van der Waals surface area contributed by atoms with Crippen LogP contribution in [0.5, 0.6) is 5.75 Å². The molecule has 0 aliphatic rings. The summed E-state index contributed by atoms with van der Waals surface area (Å²) in [4.78, 5) is 11.1. The van der Waals surface area contributed by atoms with E-state index in [9.17, 15) is 4.79 Å². The maximum absolute atomic E-state index is 11.1. The molecule has 0 spiro atoms. The van der Waals surface area contributed by atoms with E-state index in [1.54, 1.807) is 13.2 Å². The fourth-order valence-corrected chi connectivity index (χ4v) is 2.07. The number of ether oxygens (including phenoxy) is 1. The average molecular weight is 325 g/mol. The first kappa shape index (κ1) is 11.8. The lowest BCUT2D eigenvalue weighted by Crippen LogP contribution is -2.04. The summed E-state index contributed by atoms with van der Waals surface area (Å²) in [5.74, 6) is 0.607. The van der Waals surface area contributed by atoms with Gasteiger partial charge in [-0.3, -0.25) is 4.79 Å². The largest absolute Gasteiger partial charge is 0.495 e. The molecule has 2 nitrogen and oxygen atoms in total. The van der Waals surface area contributed by atoms with E-state index in [1.807, 2.05) is 12.1 Å². The van der Waals surface area contributed by atoms with Gasteiger partial charge in [-0.15, -0.1) is 11.6 Å². The minimum atomic E-state index is -0.625. The lowest BCUT2D eigenvalue weighted by atomic mass is 10.1. The summed E-state index contributed by atoms with van der Waals surface area (Å²) in [5.41, 5.74) is 0.730. The van der Waals surface area contributed by atoms with E-state index in [0.717, 1.165) is 9.13 Å². The minimum absolute atomic E-state index is 0.0769. The van der Waals surface area contributed by atoms with Crippen molar-refractivity contribution in [2.45, 2.75) is 12.3 Å². The topological polar surface area (TPSA) is 26.3 Å². The van der Waals surface area contributed by atoms with Crippen LogP contribution in [0.4, 0.5) is 0 Å². The summed E-state index contributed by atoms with van der Waals surface area (Å²) < 4.78 is 6.16. The van der Waals surface area contributed by atoms with Gasteiger partial charge in [-0.05, 0) is 35.6 Å². The molecule has 0 aliphatic heterocycles. The van der Waals surface area contributed by atoms with E-state index in [2.05, 4.69) is 22.6 Å². The maximum Gasteiger partial charge on any atom is 0.152 e. The molecule has 0 amide bonds. The van der Waals surface area contributed by atoms with Gasteiger partial charge in [0.15, 0.2) is 5.78 Å². The summed E-state index contributed by atoms with van der Waals surface area (Å²) in [6, 6.07) is 5.57. The third-order valence-electron chi connectivity index (χ3n) is 1.83. The first-order valence-electron chi connectivity index (χ1n) is 4.05. The monoisotopic (exact) mass is 324 g/mol. The number of Topliss-reactive ketones (excluding diaryl/α,β-unsaturated/α-hetero) is 1. The van der Waals surface area contributed by atoms with Crippen molar-refractivity contribution in [3.8, 4) is 5.75 Å². The molecule has 14 heavy (non-hydrogen) atoms. The number of hydrogen-bond donors (Lipinski definition) is 0. The molecule has 4 heteroatoms. The summed E-state index contributed by atoms with van der Waals surface area (Å²) in [5, 5.41) is -0.625. The molecule has 1 atom stereocenters. The number of benzene rings is 1. The van der Waals surface area contributed by atoms with Gasteiger partial charge in [-0.25, -0.2) is 0 Å². The van der Waals surface area contributed by atoms with Crippen molar-refractivity contribution in [1.82, 2.24) is 0 Å². The van der Waals surface area contributed by atoms with Crippen LogP contribution in [0.2, 0.25) is 0 Å². The number of carbonyl (C=O) groups is 1. The van der Waals surface area contributed by atoms with E-state index >= 15 is 0 Å². The Hall–Kier alpha value is -0.290. The summed E-state index contributed by atoms with van der Waals surface area (Å²) in [6.07, 6.45) is 0. The molecule has 0 N–H and O–H groups in total. The molecule has 1 unspecified atom stereocenters. The Kier molecular flexibility index (Phi) is 4.19. The molecule has 0 heterocycles. The van der Waals surface area contributed by atoms with Crippen LogP contribution in [-0.4, -0.2) is 12.9 Å². The van der Waals surface area contributed by atoms with Crippen molar-refractivity contribution >= 4 is 40.0 Å².